The van der Waals surface area contributed by atoms with Crippen molar-refractivity contribution in [2.45, 2.75) is 32.6 Å². The summed E-state index contributed by atoms with van der Waals surface area (Å²) >= 11 is 7.55. The Balaban J connectivity index is 1.79. The number of halogens is 1. The molecular formula is C16H17ClN4OS. The molecule has 3 aromatic rings. The second kappa shape index (κ2) is 6.68. The molecule has 0 aliphatic rings. The number of aromatic nitrogens is 3. The zero-order valence-electron chi connectivity index (χ0n) is 12.9. The number of carbonyl (C=O) groups is 1. The minimum Gasteiger partial charge on any atom is -0.349 e. The van der Waals surface area contributed by atoms with Crippen LogP contribution < -0.4 is 5.32 Å². The van der Waals surface area contributed by atoms with Crippen LogP contribution in [-0.4, -0.2) is 21.1 Å². The van der Waals surface area contributed by atoms with Crippen LogP contribution in [0.5, 0.6) is 0 Å². The van der Waals surface area contributed by atoms with Crippen LogP contribution in [0, 0.1) is 0 Å². The summed E-state index contributed by atoms with van der Waals surface area (Å²) in [4.78, 5) is 15.4. The molecule has 0 aliphatic carbocycles. The van der Waals surface area contributed by atoms with Crippen molar-refractivity contribution in [3.63, 3.8) is 0 Å². The molecule has 0 spiro atoms. The fraction of sp³-hybridized carbons (Fsp3) is 0.312. The second-order valence-corrected chi connectivity index (χ2v) is 6.72. The second-order valence-electron chi connectivity index (χ2n) is 5.30. The van der Waals surface area contributed by atoms with Gasteiger partial charge in [-0.3, -0.25) is 10.1 Å². The van der Waals surface area contributed by atoms with Gasteiger partial charge in [-0.2, -0.15) is 0 Å². The molecule has 7 heteroatoms. The van der Waals surface area contributed by atoms with E-state index in [0.29, 0.717) is 21.8 Å². The third kappa shape index (κ3) is 3.23. The zero-order chi connectivity index (χ0) is 16.4. The highest BCUT2D eigenvalue weighted by atomic mass is 35.5. The lowest BCUT2D eigenvalue weighted by atomic mass is 10.1. The Morgan fingerprint density at radius 2 is 2.13 bits per heavy atom. The predicted octanol–water partition coefficient (Wildman–Crippen LogP) is 4.83. The summed E-state index contributed by atoms with van der Waals surface area (Å²) in [6, 6.07) is 7.33. The predicted molar refractivity (Wildman–Crippen MR) is 94.5 cm³/mol. The van der Waals surface area contributed by atoms with Gasteiger partial charge >= 0.3 is 0 Å². The number of aromatic amines is 1. The van der Waals surface area contributed by atoms with E-state index in [4.69, 9.17) is 11.6 Å². The summed E-state index contributed by atoms with van der Waals surface area (Å²) < 4.78 is 0. The smallest absolute Gasteiger partial charge is 0.273 e. The van der Waals surface area contributed by atoms with Crippen molar-refractivity contribution in [1.29, 1.82) is 0 Å². The van der Waals surface area contributed by atoms with E-state index in [2.05, 4.69) is 34.3 Å². The molecule has 0 radical (unpaired) electrons. The van der Waals surface area contributed by atoms with Crippen LogP contribution in [0.2, 0.25) is 5.02 Å². The molecule has 5 nitrogen and oxygen atoms in total. The number of hydrogen-bond donors (Lipinski definition) is 2. The summed E-state index contributed by atoms with van der Waals surface area (Å²) in [5.41, 5.74) is 1.21. The zero-order valence-corrected chi connectivity index (χ0v) is 14.5. The van der Waals surface area contributed by atoms with E-state index in [1.54, 1.807) is 12.1 Å². The van der Waals surface area contributed by atoms with Gasteiger partial charge in [0.15, 0.2) is 0 Å². The molecular weight excluding hydrogens is 332 g/mol. The van der Waals surface area contributed by atoms with E-state index in [9.17, 15) is 4.79 Å². The first-order valence-corrected chi connectivity index (χ1v) is 8.73. The van der Waals surface area contributed by atoms with Gasteiger partial charge in [0.2, 0.25) is 5.13 Å². The number of rotatable bonds is 5. The lowest BCUT2D eigenvalue weighted by molar-refractivity contribution is 0.102. The molecule has 2 N–H and O–H groups in total. The highest BCUT2D eigenvalue weighted by molar-refractivity contribution is 7.15. The molecule has 23 heavy (non-hydrogen) atoms. The molecule has 2 heterocycles. The minimum atomic E-state index is -0.246. The number of anilines is 1. The van der Waals surface area contributed by atoms with Crippen molar-refractivity contribution < 1.29 is 4.79 Å². The van der Waals surface area contributed by atoms with E-state index < -0.39 is 0 Å². The first-order chi connectivity index (χ1) is 11.1. The van der Waals surface area contributed by atoms with Crippen molar-refractivity contribution in [1.82, 2.24) is 15.2 Å². The Kier molecular flexibility index (Phi) is 4.63. The summed E-state index contributed by atoms with van der Waals surface area (Å²) in [5.74, 6) is 0.148. The number of amides is 1. The normalized spacial score (nSPS) is 11.3. The van der Waals surface area contributed by atoms with Crippen LogP contribution in [-0.2, 0) is 0 Å². The van der Waals surface area contributed by atoms with Crippen molar-refractivity contribution >= 4 is 44.9 Å². The summed E-state index contributed by atoms with van der Waals surface area (Å²) in [5, 5.41) is 14.0. The van der Waals surface area contributed by atoms with Crippen molar-refractivity contribution in [3.05, 3.63) is 40.0 Å². The van der Waals surface area contributed by atoms with Crippen molar-refractivity contribution in [2.75, 3.05) is 5.32 Å². The molecule has 0 atom stereocenters. The maximum Gasteiger partial charge on any atom is 0.273 e. The number of benzene rings is 1. The number of para-hydroxylation sites is 1. The molecule has 1 amide bonds. The fourth-order valence-electron chi connectivity index (χ4n) is 2.49. The Bertz CT molecular complexity index is 838. The minimum absolute atomic E-state index is 0.246. The molecule has 0 unspecified atom stereocenters. The molecule has 1 aromatic carbocycles. The van der Waals surface area contributed by atoms with Crippen molar-refractivity contribution in [3.8, 4) is 0 Å². The number of nitrogens with zero attached hydrogens (tertiary/aromatic N) is 2. The average molecular weight is 349 g/mol. The molecule has 0 bridgehead atoms. The number of H-pyrrole nitrogens is 1. The van der Waals surface area contributed by atoms with Gasteiger partial charge in [0.1, 0.15) is 10.7 Å². The van der Waals surface area contributed by atoms with E-state index in [1.165, 1.54) is 11.3 Å². The Morgan fingerprint density at radius 3 is 2.83 bits per heavy atom. The van der Waals surface area contributed by atoms with Crippen LogP contribution in [0.4, 0.5) is 5.13 Å². The largest absolute Gasteiger partial charge is 0.349 e. The summed E-state index contributed by atoms with van der Waals surface area (Å²) in [7, 11) is 0. The number of fused-ring (bicyclic) bond motifs is 1. The monoisotopic (exact) mass is 348 g/mol. The van der Waals surface area contributed by atoms with Gasteiger partial charge in [-0.05, 0) is 25.0 Å². The quantitative estimate of drug-likeness (QED) is 0.693. The molecule has 2 aromatic heterocycles. The Labute approximate surface area is 143 Å². The maximum absolute atomic E-state index is 12.4. The van der Waals surface area contributed by atoms with Gasteiger partial charge in [-0.25, -0.2) is 0 Å². The third-order valence-electron chi connectivity index (χ3n) is 3.85. The molecule has 0 aliphatic heterocycles. The standard InChI is InChI=1S/C16H17ClN4OS/c1-3-9(4-2)15-20-21-16(23-15)19-14(22)12-8-10-6-5-7-11(17)13(10)18-12/h5-9,18H,3-4H2,1-2H3,(H,19,21,22). The van der Waals surface area contributed by atoms with Crippen LogP contribution in [0.1, 0.15) is 48.1 Å². The van der Waals surface area contributed by atoms with Gasteiger partial charge in [0, 0.05) is 11.3 Å². The topological polar surface area (TPSA) is 70.7 Å². The Morgan fingerprint density at radius 1 is 1.35 bits per heavy atom. The average Bonchev–Trinajstić information content (AvgIpc) is 3.16. The van der Waals surface area contributed by atoms with Crippen molar-refractivity contribution in [2.24, 2.45) is 0 Å². The van der Waals surface area contributed by atoms with Gasteiger partial charge < -0.3 is 4.98 Å². The third-order valence-corrected chi connectivity index (χ3v) is 5.16. The molecule has 0 fully saturated rings. The van der Waals surface area contributed by atoms with E-state index in [-0.39, 0.29) is 5.91 Å². The highest BCUT2D eigenvalue weighted by Gasteiger charge is 2.16. The molecule has 0 saturated heterocycles. The first-order valence-electron chi connectivity index (χ1n) is 7.54. The number of hydrogen-bond acceptors (Lipinski definition) is 4. The van der Waals surface area contributed by atoms with E-state index >= 15 is 0 Å². The fourth-order valence-corrected chi connectivity index (χ4v) is 3.73. The number of nitrogens with one attached hydrogen (secondary N) is 2. The SMILES string of the molecule is CCC(CC)c1nnc(NC(=O)c2cc3cccc(Cl)c3[nH]2)s1. The van der Waals surface area contributed by atoms with Gasteiger partial charge in [-0.1, -0.05) is 48.9 Å². The lowest BCUT2D eigenvalue weighted by Gasteiger charge is -2.05. The molecule has 120 valence electrons. The van der Waals surface area contributed by atoms with Gasteiger partial charge in [0.05, 0.1) is 10.5 Å². The molecule has 3 rings (SSSR count). The lowest BCUT2D eigenvalue weighted by Crippen LogP contribution is -2.11. The first kappa shape index (κ1) is 16.0. The van der Waals surface area contributed by atoms with Crippen LogP contribution in [0.3, 0.4) is 0 Å². The molecule has 0 saturated carbocycles. The maximum atomic E-state index is 12.4. The summed E-state index contributed by atoms with van der Waals surface area (Å²) in [6.45, 7) is 4.25. The Hall–Kier alpha value is -1.92. The van der Waals surface area contributed by atoms with E-state index in [0.717, 1.165) is 28.8 Å². The van der Waals surface area contributed by atoms with Crippen LogP contribution >= 0.6 is 22.9 Å². The number of carbonyl (C=O) groups excluding carboxylic acids is 1. The van der Waals surface area contributed by atoms with Gasteiger partial charge in [0.25, 0.3) is 5.91 Å². The van der Waals surface area contributed by atoms with Gasteiger partial charge in [-0.15, -0.1) is 10.2 Å². The summed E-state index contributed by atoms with van der Waals surface area (Å²) in [6.07, 6.45) is 2.03. The van der Waals surface area contributed by atoms with E-state index in [1.807, 2.05) is 12.1 Å². The highest BCUT2D eigenvalue weighted by Crippen LogP contribution is 2.28. The van der Waals surface area contributed by atoms with Crippen LogP contribution in [0.25, 0.3) is 10.9 Å². The van der Waals surface area contributed by atoms with Crippen LogP contribution in [0.15, 0.2) is 24.3 Å².